The molecule has 0 atom stereocenters. The van der Waals surface area contributed by atoms with Crippen molar-refractivity contribution in [2.24, 2.45) is 5.73 Å². The molecule has 0 saturated carbocycles. The standard InChI is InChI=1S/C13H12F3NOS/c14-13(15,16)12-4-3-10(6-9(12)7-17)18-8-11-2-1-5-19-11/h1-6H,7-8,17H2. The van der Waals surface area contributed by atoms with Crippen LogP contribution < -0.4 is 10.5 Å². The Labute approximate surface area is 112 Å². The highest BCUT2D eigenvalue weighted by Gasteiger charge is 2.32. The van der Waals surface area contributed by atoms with Crippen molar-refractivity contribution in [1.29, 1.82) is 0 Å². The summed E-state index contributed by atoms with van der Waals surface area (Å²) in [4.78, 5) is 1.01. The van der Waals surface area contributed by atoms with Crippen LogP contribution >= 0.6 is 11.3 Å². The van der Waals surface area contributed by atoms with Gasteiger partial charge < -0.3 is 10.5 Å². The van der Waals surface area contributed by atoms with Crippen LogP contribution in [0.15, 0.2) is 35.7 Å². The zero-order chi connectivity index (χ0) is 13.9. The molecule has 0 aliphatic rings. The van der Waals surface area contributed by atoms with Gasteiger partial charge in [-0.25, -0.2) is 0 Å². The smallest absolute Gasteiger partial charge is 0.416 e. The van der Waals surface area contributed by atoms with Gasteiger partial charge >= 0.3 is 6.18 Å². The molecule has 2 N–H and O–H groups in total. The largest absolute Gasteiger partial charge is 0.488 e. The Balaban J connectivity index is 2.15. The summed E-state index contributed by atoms with van der Waals surface area (Å²) in [6, 6.07) is 7.46. The third-order valence-corrected chi connectivity index (χ3v) is 3.41. The molecule has 0 unspecified atom stereocenters. The maximum absolute atomic E-state index is 12.7. The number of hydrogen-bond donors (Lipinski definition) is 1. The van der Waals surface area contributed by atoms with Crippen molar-refractivity contribution in [2.75, 3.05) is 0 Å². The fourth-order valence-corrected chi connectivity index (χ4v) is 2.27. The number of ether oxygens (including phenoxy) is 1. The second kappa shape index (κ2) is 5.63. The van der Waals surface area contributed by atoms with E-state index < -0.39 is 11.7 Å². The van der Waals surface area contributed by atoms with E-state index in [2.05, 4.69) is 0 Å². The Bertz CT molecular complexity index is 537. The summed E-state index contributed by atoms with van der Waals surface area (Å²) < 4.78 is 43.5. The molecule has 2 aromatic rings. The molecule has 6 heteroatoms. The summed E-state index contributed by atoms with van der Waals surface area (Å²) in [6.07, 6.45) is -4.39. The van der Waals surface area contributed by atoms with E-state index >= 15 is 0 Å². The monoisotopic (exact) mass is 287 g/mol. The maximum Gasteiger partial charge on any atom is 0.416 e. The number of hydrogen-bond acceptors (Lipinski definition) is 3. The van der Waals surface area contributed by atoms with Gasteiger partial charge in [0.1, 0.15) is 12.4 Å². The lowest BCUT2D eigenvalue weighted by Gasteiger charge is -2.13. The predicted molar refractivity (Wildman–Crippen MR) is 68.0 cm³/mol. The van der Waals surface area contributed by atoms with Crippen LogP contribution in [0, 0.1) is 0 Å². The number of rotatable bonds is 4. The number of halogens is 3. The van der Waals surface area contributed by atoms with Crippen LogP contribution in [0.1, 0.15) is 16.0 Å². The lowest BCUT2D eigenvalue weighted by Crippen LogP contribution is -2.12. The SMILES string of the molecule is NCc1cc(OCc2cccs2)ccc1C(F)(F)F. The molecule has 1 heterocycles. The second-order valence-electron chi connectivity index (χ2n) is 3.89. The fraction of sp³-hybridized carbons (Fsp3) is 0.231. The van der Waals surface area contributed by atoms with E-state index in [9.17, 15) is 13.2 Å². The molecule has 0 aliphatic carbocycles. The molecule has 2 rings (SSSR count). The minimum absolute atomic E-state index is 0.0381. The van der Waals surface area contributed by atoms with E-state index in [4.69, 9.17) is 10.5 Å². The molecule has 0 amide bonds. The van der Waals surface area contributed by atoms with Gasteiger partial charge in [0.05, 0.1) is 5.56 Å². The van der Waals surface area contributed by atoms with Crippen molar-refractivity contribution in [3.05, 3.63) is 51.7 Å². The van der Waals surface area contributed by atoms with Gasteiger partial charge in [0, 0.05) is 11.4 Å². The van der Waals surface area contributed by atoms with E-state index in [0.717, 1.165) is 10.9 Å². The van der Waals surface area contributed by atoms with Gasteiger partial charge in [0.2, 0.25) is 0 Å². The van der Waals surface area contributed by atoms with Gasteiger partial charge in [-0.1, -0.05) is 6.07 Å². The van der Waals surface area contributed by atoms with Crippen LogP contribution in [0.25, 0.3) is 0 Å². The normalized spacial score (nSPS) is 11.6. The van der Waals surface area contributed by atoms with Gasteiger partial charge in [-0.3, -0.25) is 0 Å². The van der Waals surface area contributed by atoms with E-state index in [1.807, 2.05) is 17.5 Å². The topological polar surface area (TPSA) is 35.2 Å². The van der Waals surface area contributed by atoms with Crippen LogP contribution in [0.4, 0.5) is 13.2 Å². The van der Waals surface area contributed by atoms with Crippen molar-refractivity contribution in [2.45, 2.75) is 19.3 Å². The molecule has 0 spiro atoms. The summed E-state index contributed by atoms with van der Waals surface area (Å²) >= 11 is 1.53. The fourth-order valence-electron chi connectivity index (χ4n) is 1.65. The maximum atomic E-state index is 12.7. The summed E-state index contributed by atoms with van der Waals surface area (Å²) in [5.74, 6) is 0.391. The first-order chi connectivity index (χ1) is 9.00. The van der Waals surface area contributed by atoms with Crippen molar-refractivity contribution in [3.63, 3.8) is 0 Å². The molecule has 2 nitrogen and oxygen atoms in total. The molecule has 0 fully saturated rings. The Morgan fingerprint density at radius 3 is 2.58 bits per heavy atom. The first-order valence-corrected chi connectivity index (χ1v) is 6.44. The molecule has 0 saturated heterocycles. The summed E-state index contributed by atoms with van der Waals surface area (Å²) in [5, 5.41) is 1.91. The van der Waals surface area contributed by atoms with Gasteiger partial charge in [0.15, 0.2) is 0 Å². The number of benzene rings is 1. The lowest BCUT2D eigenvalue weighted by molar-refractivity contribution is -0.138. The zero-order valence-electron chi connectivity index (χ0n) is 9.91. The highest BCUT2D eigenvalue weighted by Crippen LogP contribution is 2.33. The summed E-state index contributed by atoms with van der Waals surface area (Å²) in [5.41, 5.74) is 4.68. The minimum Gasteiger partial charge on any atom is -0.488 e. The Morgan fingerprint density at radius 2 is 2.00 bits per heavy atom. The molecule has 1 aromatic heterocycles. The number of alkyl halides is 3. The quantitative estimate of drug-likeness (QED) is 0.928. The molecule has 0 aliphatic heterocycles. The summed E-state index contributed by atoms with van der Waals surface area (Å²) in [7, 11) is 0. The average molecular weight is 287 g/mol. The zero-order valence-corrected chi connectivity index (χ0v) is 10.7. The average Bonchev–Trinajstić information content (AvgIpc) is 2.88. The molecule has 0 radical (unpaired) electrons. The molecule has 19 heavy (non-hydrogen) atoms. The van der Waals surface area contributed by atoms with Crippen LogP contribution in [0.2, 0.25) is 0 Å². The number of thiophene rings is 1. The van der Waals surface area contributed by atoms with Gasteiger partial charge in [-0.05, 0) is 35.2 Å². The first kappa shape index (κ1) is 13.9. The Hall–Kier alpha value is -1.53. The third kappa shape index (κ3) is 3.48. The predicted octanol–water partition coefficient (Wildman–Crippen LogP) is 3.80. The Morgan fingerprint density at radius 1 is 1.21 bits per heavy atom. The highest BCUT2D eigenvalue weighted by atomic mass is 32.1. The summed E-state index contributed by atoms with van der Waals surface area (Å²) in [6.45, 7) is 0.165. The highest BCUT2D eigenvalue weighted by molar-refractivity contribution is 7.09. The van der Waals surface area contributed by atoms with E-state index in [1.54, 1.807) is 0 Å². The molecule has 0 bridgehead atoms. The van der Waals surface area contributed by atoms with Crippen LogP contribution in [0.3, 0.4) is 0 Å². The third-order valence-electron chi connectivity index (χ3n) is 2.56. The van der Waals surface area contributed by atoms with Crippen molar-refractivity contribution >= 4 is 11.3 Å². The molecule has 1 aromatic carbocycles. The molecular formula is C13H12F3NOS. The lowest BCUT2D eigenvalue weighted by atomic mass is 10.1. The van der Waals surface area contributed by atoms with Crippen molar-refractivity contribution < 1.29 is 17.9 Å². The van der Waals surface area contributed by atoms with Crippen molar-refractivity contribution in [3.8, 4) is 5.75 Å². The Kier molecular flexibility index (Phi) is 4.11. The van der Waals surface area contributed by atoms with Crippen LogP contribution in [-0.4, -0.2) is 0 Å². The van der Waals surface area contributed by atoms with E-state index in [-0.39, 0.29) is 12.1 Å². The van der Waals surface area contributed by atoms with Crippen LogP contribution in [-0.2, 0) is 19.3 Å². The van der Waals surface area contributed by atoms with Crippen molar-refractivity contribution in [1.82, 2.24) is 0 Å². The number of nitrogens with two attached hydrogens (primary N) is 1. The van der Waals surface area contributed by atoms with E-state index in [0.29, 0.717) is 12.4 Å². The minimum atomic E-state index is -4.39. The van der Waals surface area contributed by atoms with Gasteiger partial charge in [-0.15, -0.1) is 11.3 Å². The van der Waals surface area contributed by atoms with E-state index in [1.165, 1.54) is 23.5 Å². The second-order valence-corrected chi connectivity index (χ2v) is 4.92. The van der Waals surface area contributed by atoms with Gasteiger partial charge in [0.25, 0.3) is 0 Å². The van der Waals surface area contributed by atoms with Gasteiger partial charge in [-0.2, -0.15) is 13.2 Å². The van der Waals surface area contributed by atoms with Crippen LogP contribution in [0.5, 0.6) is 5.75 Å². The molecular weight excluding hydrogens is 275 g/mol. The first-order valence-electron chi connectivity index (χ1n) is 5.56. The molecule has 102 valence electrons.